The summed E-state index contributed by atoms with van der Waals surface area (Å²) in [6.07, 6.45) is 1.71. The Bertz CT molecular complexity index is 749. The molecule has 1 saturated heterocycles. The largest absolute Gasteiger partial charge is 0.450 e. The van der Waals surface area contributed by atoms with E-state index in [9.17, 15) is 4.79 Å². The van der Waals surface area contributed by atoms with E-state index in [0.29, 0.717) is 19.7 Å². The number of carbonyl (C=O) groups is 1. The molecule has 0 aliphatic carbocycles. The predicted octanol–water partition coefficient (Wildman–Crippen LogP) is 4.76. The number of anilines is 1. The number of aryl methyl sites for hydroxylation is 1. The number of rotatable bonds is 2. The molecule has 1 aromatic heterocycles. The summed E-state index contributed by atoms with van der Waals surface area (Å²) in [6, 6.07) is 11.3. The van der Waals surface area contributed by atoms with Crippen LogP contribution in [0.5, 0.6) is 0 Å². The number of benzene rings is 1. The SMILES string of the molecule is Cc1ccc(N2C(=O)/C(=C/c3ccc(Br)o3)SC2=S)cc1. The van der Waals surface area contributed by atoms with Crippen molar-refractivity contribution in [3.05, 3.63) is 57.3 Å². The van der Waals surface area contributed by atoms with Gasteiger partial charge in [0.15, 0.2) is 8.99 Å². The first-order valence-electron chi connectivity index (χ1n) is 6.14. The lowest BCUT2D eigenvalue weighted by atomic mass is 10.2. The Morgan fingerprint density at radius 3 is 2.57 bits per heavy atom. The van der Waals surface area contributed by atoms with Crippen molar-refractivity contribution in [2.75, 3.05) is 4.90 Å². The summed E-state index contributed by atoms with van der Waals surface area (Å²) in [4.78, 5) is 14.6. The fourth-order valence-corrected chi connectivity index (χ4v) is 3.52. The van der Waals surface area contributed by atoms with Gasteiger partial charge in [-0.2, -0.15) is 0 Å². The molecule has 1 aliphatic heterocycles. The van der Waals surface area contributed by atoms with Gasteiger partial charge in [0.05, 0.1) is 10.6 Å². The number of hydrogen-bond donors (Lipinski definition) is 0. The fraction of sp³-hybridized carbons (Fsp3) is 0.0667. The first-order valence-corrected chi connectivity index (χ1v) is 8.16. The molecule has 0 spiro atoms. The molecule has 1 aromatic carbocycles. The van der Waals surface area contributed by atoms with E-state index in [1.54, 1.807) is 23.1 Å². The number of nitrogens with zero attached hydrogens (tertiary/aromatic N) is 1. The normalized spacial score (nSPS) is 17.0. The van der Waals surface area contributed by atoms with Crippen molar-refractivity contribution >= 4 is 61.9 Å². The molecule has 2 aromatic rings. The highest BCUT2D eigenvalue weighted by molar-refractivity contribution is 9.10. The number of furan rings is 1. The van der Waals surface area contributed by atoms with Crippen molar-refractivity contribution in [1.82, 2.24) is 0 Å². The fourth-order valence-electron chi connectivity index (χ4n) is 1.92. The summed E-state index contributed by atoms with van der Waals surface area (Å²) in [5.74, 6) is 0.493. The molecule has 3 nitrogen and oxygen atoms in total. The average Bonchev–Trinajstić information content (AvgIpc) is 2.96. The third-order valence-corrected chi connectivity index (χ3v) is 4.68. The number of halogens is 1. The van der Waals surface area contributed by atoms with Gasteiger partial charge in [0, 0.05) is 6.08 Å². The summed E-state index contributed by atoms with van der Waals surface area (Å²) >= 11 is 9.84. The lowest BCUT2D eigenvalue weighted by molar-refractivity contribution is -0.113. The number of thiocarbonyl (C=S) groups is 1. The Morgan fingerprint density at radius 1 is 1.24 bits per heavy atom. The first kappa shape index (κ1) is 14.6. The zero-order valence-electron chi connectivity index (χ0n) is 11.0. The van der Waals surface area contributed by atoms with Gasteiger partial charge >= 0.3 is 0 Å². The topological polar surface area (TPSA) is 33.5 Å². The van der Waals surface area contributed by atoms with Crippen LogP contribution in [-0.4, -0.2) is 10.2 Å². The predicted molar refractivity (Wildman–Crippen MR) is 93.2 cm³/mol. The van der Waals surface area contributed by atoms with Crippen molar-refractivity contribution in [3.8, 4) is 0 Å². The Balaban J connectivity index is 1.92. The van der Waals surface area contributed by atoms with Crippen LogP contribution in [0.4, 0.5) is 5.69 Å². The van der Waals surface area contributed by atoms with Crippen LogP contribution in [0.25, 0.3) is 6.08 Å². The minimum atomic E-state index is -0.124. The van der Waals surface area contributed by atoms with E-state index in [4.69, 9.17) is 16.6 Å². The molecule has 21 heavy (non-hydrogen) atoms. The third kappa shape index (κ3) is 2.97. The molecule has 0 unspecified atom stereocenters. The average molecular weight is 380 g/mol. The van der Waals surface area contributed by atoms with E-state index in [-0.39, 0.29) is 5.91 Å². The van der Waals surface area contributed by atoms with Crippen molar-refractivity contribution in [1.29, 1.82) is 0 Å². The molecule has 6 heteroatoms. The van der Waals surface area contributed by atoms with E-state index < -0.39 is 0 Å². The van der Waals surface area contributed by atoms with Gasteiger partial charge in [0.25, 0.3) is 5.91 Å². The van der Waals surface area contributed by atoms with E-state index >= 15 is 0 Å². The van der Waals surface area contributed by atoms with Gasteiger partial charge < -0.3 is 4.42 Å². The summed E-state index contributed by atoms with van der Waals surface area (Å²) in [6.45, 7) is 2.00. The van der Waals surface area contributed by atoms with Gasteiger partial charge in [0.2, 0.25) is 0 Å². The van der Waals surface area contributed by atoms with Crippen molar-refractivity contribution in [2.45, 2.75) is 6.92 Å². The van der Waals surface area contributed by atoms with Gasteiger partial charge in [0.1, 0.15) is 5.76 Å². The molecule has 0 bridgehead atoms. The zero-order valence-corrected chi connectivity index (χ0v) is 14.2. The standard InChI is InChI=1S/C15H10BrNO2S2/c1-9-2-4-10(5-3-9)17-14(18)12(21-15(17)20)8-11-6-7-13(16)19-11/h2-8H,1H3/b12-8-. The van der Waals surface area contributed by atoms with Crippen LogP contribution in [-0.2, 0) is 4.79 Å². The lowest BCUT2D eigenvalue weighted by Gasteiger charge is -2.14. The molecule has 3 rings (SSSR count). The molecule has 1 amide bonds. The number of thioether (sulfide) groups is 1. The Kier molecular flexibility index (Phi) is 4.01. The van der Waals surface area contributed by atoms with Crippen LogP contribution in [0.15, 0.2) is 50.4 Å². The quantitative estimate of drug-likeness (QED) is 0.556. The summed E-state index contributed by atoms with van der Waals surface area (Å²) in [5.41, 5.74) is 1.92. The van der Waals surface area contributed by atoms with Crippen LogP contribution in [0, 0.1) is 6.92 Å². The molecule has 0 saturated carbocycles. The van der Waals surface area contributed by atoms with Crippen LogP contribution in [0.3, 0.4) is 0 Å². The lowest BCUT2D eigenvalue weighted by Crippen LogP contribution is -2.27. The molecular weight excluding hydrogens is 370 g/mol. The van der Waals surface area contributed by atoms with Gasteiger partial charge in [-0.3, -0.25) is 9.69 Å². The van der Waals surface area contributed by atoms with Crippen LogP contribution >= 0.6 is 39.9 Å². The van der Waals surface area contributed by atoms with Crippen molar-refractivity contribution < 1.29 is 9.21 Å². The summed E-state index contributed by atoms with van der Waals surface area (Å²) in [5, 5.41) is 0. The molecule has 0 atom stereocenters. The Hall–Kier alpha value is -1.37. The van der Waals surface area contributed by atoms with Crippen molar-refractivity contribution in [2.24, 2.45) is 0 Å². The van der Waals surface area contributed by atoms with Crippen LogP contribution in [0.2, 0.25) is 0 Å². The van der Waals surface area contributed by atoms with E-state index in [0.717, 1.165) is 11.3 Å². The highest BCUT2D eigenvalue weighted by Crippen LogP contribution is 2.36. The number of carbonyl (C=O) groups excluding carboxylic acids is 1. The second-order valence-electron chi connectivity index (χ2n) is 4.49. The first-order chi connectivity index (χ1) is 10.0. The third-order valence-electron chi connectivity index (χ3n) is 2.95. The van der Waals surface area contributed by atoms with E-state index in [1.807, 2.05) is 31.2 Å². The highest BCUT2D eigenvalue weighted by Gasteiger charge is 2.33. The van der Waals surface area contributed by atoms with Gasteiger partial charge in [-0.1, -0.05) is 41.7 Å². The monoisotopic (exact) mass is 379 g/mol. The Labute approximate surface area is 140 Å². The second-order valence-corrected chi connectivity index (χ2v) is 6.95. The summed E-state index contributed by atoms with van der Waals surface area (Å²) in [7, 11) is 0. The van der Waals surface area contributed by atoms with Gasteiger partial charge in [-0.05, 0) is 47.1 Å². The van der Waals surface area contributed by atoms with Crippen LogP contribution < -0.4 is 4.90 Å². The minimum absolute atomic E-state index is 0.124. The van der Waals surface area contributed by atoms with E-state index in [1.165, 1.54) is 11.8 Å². The molecular formula is C15H10BrNO2S2. The molecule has 0 N–H and O–H groups in total. The minimum Gasteiger partial charge on any atom is -0.450 e. The molecule has 106 valence electrons. The smallest absolute Gasteiger partial charge is 0.270 e. The Morgan fingerprint density at radius 2 is 1.95 bits per heavy atom. The number of amides is 1. The highest BCUT2D eigenvalue weighted by atomic mass is 79.9. The second kappa shape index (κ2) is 5.79. The van der Waals surface area contributed by atoms with Crippen molar-refractivity contribution in [3.63, 3.8) is 0 Å². The summed E-state index contributed by atoms with van der Waals surface area (Å²) < 4.78 is 6.55. The molecule has 1 aliphatic rings. The van der Waals surface area contributed by atoms with Gasteiger partial charge in [-0.25, -0.2) is 0 Å². The number of hydrogen-bond acceptors (Lipinski definition) is 4. The molecule has 1 fully saturated rings. The van der Waals surface area contributed by atoms with Gasteiger partial charge in [-0.15, -0.1) is 0 Å². The maximum atomic E-state index is 12.5. The molecule has 2 heterocycles. The van der Waals surface area contributed by atoms with E-state index in [2.05, 4.69) is 15.9 Å². The maximum Gasteiger partial charge on any atom is 0.270 e. The zero-order chi connectivity index (χ0) is 15.0. The van der Waals surface area contributed by atoms with Crippen LogP contribution in [0.1, 0.15) is 11.3 Å². The maximum absolute atomic E-state index is 12.5. The molecule has 0 radical (unpaired) electrons.